The topological polar surface area (TPSA) is 66.5 Å². The van der Waals surface area contributed by atoms with Gasteiger partial charge in [-0.1, -0.05) is 12.1 Å². The number of hydrogen-bond acceptors (Lipinski definition) is 6. The lowest BCUT2D eigenvalue weighted by atomic mass is 9.91. The van der Waals surface area contributed by atoms with Gasteiger partial charge in [-0.2, -0.15) is 0 Å². The van der Waals surface area contributed by atoms with Crippen molar-refractivity contribution in [3.05, 3.63) is 46.4 Å². The molecule has 0 atom stereocenters. The minimum atomic E-state index is -0.733. The van der Waals surface area contributed by atoms with E-state index in [1.165, 1.54) is 0 Å². The Morgan fingerprint density at radius 2 is 2.07 bits per heavy atom. The van der Waals surface area contributed by atoms with Crippen LogP contribution < -0.4 is 10.6 Å². The van der Waals surface area contributed by atoms with Gasteiger partial charge in [0.25, 0.3) is 5.91 Å². The van der Waals surface area contributed by atoms with Crippen molar-refractivity contribution in [3.63, 3.8) is 0 Å². The number of benzene rings is 1. The molecule has 1 aliphatic rings. The van der Waals surface area contributed by atoms with Crippen LogP contribution in [0.1, 0.15) is 24.1 Å². The van der Waals surface area contributed by atoms with E-state index in [-0.39, 0.29) is 30.7 Å². The molecule has 156 valence electrons. The van der Waals surface area contributed by atoms with Crippen molar-refractivity contribution in [1.82, 2.24) is 15.2 Å². The number of aromatic nitrogens is 1. The summed E-state index contributed by atoms with van der Waals surface area (Å²) in [5.74, 6) is -0.0607. The Hall–Kier alpha value is -1.22. The number of carbonyl (C=O) groups excluding carboxylic acids is 1. The summed E-state index contributed by atoms with van der Waals surface area (Å²) in [5, 5.41) is 8.38. The van der Waals surface area contributed by atoms with Gasteiger partial charge in [0.1, 0.15) is 5.60 Å². The van der Waals surface area contributed by atoms with Crippen molar-refractivity contribution in [2.24, 2.45) is 0 Å². The van der Waals surface area contributed by atoms with Crippen LogP contribution in [0.4, 0.5) is 5.69 Å². The van der Waals surface area contributed by atoms with Crippen LogP contribution in [0.15, 0.2) is 35.2 Å². The smallest absolute Gasteiger partial charge is 0.256 e. The second-order valence-electron chi connectivity index (χ2n) is 6.75. The van der Waals surface area contributed by atoms with Gasteiger partial charge in [-0.05, 0) is 50.7 Å². The van der Waals surface area contributed by atoms with Gasteiger partial charge >= 0.3 is 0 Å². The molecule has 0 bridgehead atoms. The number of thiazole rings is 1. The highest BCUT2D eigenvalue weighted by atomic mass is 35.5. The monoisotopic (exact) mass is 446 g/mol. The van der Waals surface area contributed by atoms with Gasteiger partial charge in [0.2, 0.25) is 0 Å². The molecule has 28 heavy (non-hydrogen) atoms. The average Bonchev–Trinajstić information content (AvgIpc) is 3.15. The van der Waals surface area contributed by atoms with Crippen LogP contribution in [-0.2, 0) is 22.6 Å². The van der Waals surface area contributed by atoms with Crippen molar-refractivity contribution in [2.75, 3.05) is 32.6 Å². The number of carbonyl (C=O) groups is 1. The Bertz CT molecular complexity index is 724. The number of methoxy groups -OCH3 is 1. The third kappa shape index (κ3) is 6.40. The van der Waals surface area contributed by atoms with Crippen LogP contribution in [-0.4, -0.2) is 48.6 Å². The first-order chi connectivity index (χ1) is 12.6. The van der Waals surface area contributed by atoms with E-state index in [2.05, 4.69) is 39.0 Å². The Labute approximate surface area is 182 Å². The second kappa shape index (κ2) is 11.7. The molecule has 1 amide bonds. The van der Waals surface area contributed by atoms with Crippen LogP contribution in [0, 0.1) is 0 Å². The van der Waals surface area contributed by atoms with E-state index in [1.807, 2.05) is 23.7 Å². The van der Waals surface area contributed by atoms with Crippen LogP contribution in [0.25, 0.3) is 0 Å². The fourth-order valence-corrected chi connectivity index (χ4v) is 3.86. The Morgan fingerprint density at radius 3 is 2.71 bits per heavy atom. The van der Waals surface area contributed by atoms with Crippen LogP contribution >= 0.6 is 36.2 Å². The quantitative estimate of drug-likeness (QED) is 0.682. The molecule has 6 nitrogen and oxygen atoms in total. The summed E-state index contributed by atoms with van der Waals surface area (Å²) >= 11 is 1.61. The number of amides is 1. The van der Waals surface area contributed by atoms with E-state index in [0.717, 1.165) is 43.1 Å². The molecule has 0 radical (unpaired) electrons. The van der Waals surface area contributed by atoms with Crippen molar-refractivity contribution in [1.29, 1.82) is 0 Å². The molecule has 1 aliphatic heterocycles. The molecule has 0 spiro atoms. The Balaban J connectivity index is 0.00000196. The number of ether oxygens (including phenoxy) is 1. The Kier molecular flexibility index (Phi) is 10.4. The van der Waals surface area contributed by atoms with Gasteiger partial charge in [0, 0.05) is 31.3 Å². The first-order valence-corrected chi connectivity index (χ1v) is 9.77. The molecule has 2 heterocycles. The number of piperidine rings is 1. The lowest BCUT2D eigenvalue weighted by Crippen LogP contribution is -2.51. The molecule has 0 saturated carbocycles. The summed E-state index contributed by atoms with van der Waals surface area (Å²) in [4.78, 5) is 19.3. The number of nitrogens with one attached hydrogen (secondary N) is 2. The molecule has 1 aromatic heterocycles. The molecule has 2 N–H and O–H groups in total. The van der Waals surface area contributed by atoms with Crippen molar-refractivity contribution >= 4 is 47.7 Å². The predicted octanol–water partition coefficient (Wildman–Crippen LogP) is 3.33. The van der Waals surface area contributed by atoms with Crippen molar-refractivity contribution < 1.29 is 9.53 Å². The molecule has 1 fully saturated rings. The SMILES string of the molecule is COC1(C(=O)Nc2cccc(CN(C)Cc3cscn3)c2)CCNCC1.Cl.Cl. The van der Waals surface area contributed by atoms with Gasteiger partial charge in [-0.25, -0.2) is 4.98 Å². The molecule has 9 heteroatoms. The van der Waals surface area contributed by atoms with Crippen molar-refractivity contribution in [2.45, 2.75) is 31.5 Å². The molecule has 3 rings (SSSR count). The number of anilines is 1. The van der Waals surface area contributed by atoms with E-state index in [0.29, 0.717) is 12.8 Å². The maximum atomic E-state index is 12.8. The van der Waals surface area contributed by atoms with Crippen molar-refractivity contribution in [3.8, 4) is 0 Å². The molecule has 2 aromatic rings. The van der Waals surface area contributed by atoms with E-state index in [1.54, 1.807) is 18.4 Å². The van der Waals surface area contributed by atoms with Gasteiger partial charge in [-0.15, -0.1) is 36.2 Å². The zero-order valence-electron chi connectivity index (χ0n) is 16.1. The second-order valence-corrected chi connectivity index (χ2v) is 7.47. The zero-order valence-corrected chi connectivity index (χ0v) is 18.6. The van der Waals surface area contributed by atoms with Crippen LogP contribution in [0.5, 0.6) is 0 Å². The fourth-order valence-electron chi connectivity index (χ4n) is 3.31. The van der Waals surface area contributed by atoms with Crippen LogP contribution in [0.3, 0.4) is 0 Å². The predicted molar refractivity (Wildman–Crippen MR) is 119 cm³/mol. The van der Waals surface area contributed by atoms with Gasteiger partial charge in [0.15, 0.2) is 0 Å². The standard InChI is InChI=1S/C19H26N4O2S.2ClH/c1-23(12-17-13-26-14-21-17)11-15-4-3-5-16(10-15)22-18(24)19(25-2)6-8-20-9-7-19;;/h3-5,10,13-14,20H,6-9,11-12H2,1-2H3,(H,22,24);2*1H. The minimum Gasteiger partial charge on any atom is -0.368 e. The first kappa shape index (κ1) is 24.8. The summed E-state index contributed by atoms with van der Waals surface area (Å²) < 4.78 is 5.60. The maximum Gasteiger partial charge on any atom is 0.256 e. The highest BCUT2D eigenvalue weighted by Gasteiger charge is 2.39. The van der Waals surface area contributed by atoms with E-state index in [9.17, 15) is 4.79 Å². The summed E-state index contributed by atoms with van der Waals surface area (Å²) in [7, 11) is 3.69. The summed E-state index contributed by atoms with van der Waals surface area (Å²) in [6.07, 6.45) is 1.37. The zero-order chi connectivity index (χ0) is 18.4. The fraction of sp³-hybridized carbons (Fsp3) is 0.474. The molecule has 0 aliphatic carbocycles. The minimum absolute atomic E-state index is 0. The summed E-state index contributed by atoms with van der Waals surface area (Å²) in [6, 6.07) is 8.00. The third-order valence-electron chi connectivity index (χ3n) is 4.77. The van der Waals surface area contributed by atoms with E-state index in [4.69, 9.17) is 4.74 Å². The highest BCUT2D eigenvalue weighted by molar-refractivity contribution is 7.07. The number of hydrogen-bond donors (Lipinski definition) is 2. The summed E-state index contributed by atoms with van der Waals surface area (Å²) in [6.45, 7) is 3.19. The number of halogens is 2. The lowest BCUT2D eigenvalue weighted by Gasteiger charge is -2.34. The molecular formula is C19H28Cl2N4O2S. The van der Waals surface area contributed by atoms with E-state index >= 15 is 0 Å². The van der Waals surface area contributed by atoms with Gasteiger partial charge in [-0.3, -0.25) is 9.69 Å². The highest BCUT2D eigenvalue weighted by Crippen LogP contribution is 2.25. The molecular weight excluding hydrogens is 419 g/mol. The molecule has 1 aromatic carbocycles. The largest absolute Gasteiger partial charge is 0.368 e. The van der Waals surface area contributed by atoms with Gasteiger partial charge in [0.05, 0.1) is 11.2 Å². The maximum absolute atomic E-state index is 12.8. The first-order valence-electron chi connectivity index (χ1n) is 8.83. The molecule has 1 saturated heterocycles. The number of nitrogens with zero attached hydrogens (tertiary/aromatic N) is 2. The lowest BCUT2D eigenvalue weighted by molar-refractivity contribution is -0.140. The Morgan fingerprint density at radius 1 is 1.32 bits per heavy atom. The normalized spacial score (nSPS) is 15.4. The molecule has 0 unspecified atom stereocenters. The third-order valence-corrected chi connectivity index (χ3v) is 5.40. The van der Waals surface area contributed by atoms with Gasteiger partial charge < -0.3 is 15.4 Å². The summed E-state index contributed by atoms with van der Waals surface area (Å²) in [5.41, 5.74) is 4.16. The van der Waals surface area contributed by atoms with E-state index < -0.39 is 5.60 Å². The average molecular weight is 447 g/mol. The van der Waals surface area contributed by atoms with Crippen LogP contribution in [0.2, 0.25) is 0 Å². The number of rotatable bonds is 7.